The van der Waals surface area contributed by atoms with E-state index in [1.165, 1.54) is 24.0 Å². The maximum absolute atomic E-state index is 12.1. The third-order valence-electron chi connectivity index (χ3n) is 4.45. The van der Waals surface area contributed by atoms with Crippen molar-refractivity contribution in [2.45, 2.75) is 25.5 Å². The molecule has 0 saturated carbocycles. The number of β-lactam (4-membered cyclic amide) rings is 1. The Morgan fingerprint density at radius 2 is 1.92 bits per heavy atom. The molecule has 2 aliphatic rings. The summed E-state index contributed by atoms with van der Waals surface area (Å²) >= 11 is 0. The van der Waals surface area contributed by atoms with Crippen LogP contribution >= 0.6 is 0 Å². The Morgan fingerprint density at radius 1 is 1.33 bits per heavy atom. The molecule has 122 valence electrons. The maximum atomic E-state index is 12.1. The van der Waals surface area contributed by atoms with Crippen LogP contribution < -0.4 is 35.3 Å². The summed E-state index contributed by atoms with van der Waals surface area (Å²) in [6.45, 7) is 1.53. The standard InChI is InChI=1S/C16H16N2O5.Na.H/c1-7(19)12-11-6-10(13(16(22)23)18(11)15(12)21)8-2-4-9(5-3-8)14(17)20;;/h2-5,7,11-12,19H,6H2,1H3,(H2,17,20)(H,22,23);;/q;+1;-1/t7-,11-,12-;;/m1../s1. The van der Waals surface area contributed by atoms with Crippen LogP contribution in [-0.4, -0.2) is 45.0 Å². The van der Waals surface area contributed by atoms with E-state index in [9.17, 15) is 24.6 Å². The summed E-state index contributed by atoms with van der Waals surface area (Å²) < 4.78 is 0. The first kappa shape index (κ1) is 18.7. The zero-order chi connectivity index (χ0) is 16.9. The van der Waals surface area contributed by atoms with Gasteiger partial charge < -0.3 is 22.3 Å². The zero-order valence-corrected chi connectivity index (χ0v) is 15.4. The second-order valence-electron chi connectivity index (χ2n) is 5.82. The van der Waals surface area contributed by atoms with Crippen LogP contribution in [0.3, 0.4) is 0 Å². The number of nitrogens with two attached hydrogens (primary N) is 1. The quantitative estimate of drug-likeness (QED) is 0.407. The Balaban J connectivity index is 0.00000156. The summed E-state index contributed by atoms with van der Waals surface area (Å²) in [5.41, 5.74) is 6.61. The fourth-order valence-corrected chi connectivity index (χ4v) is 3.36. The first-order valence-electron chi connectivity index (χ1n) is 7.20. The molecule has 1 aromatic carbocycles. The Morgan fingerprint density at radius 3 is 2.38 bits per heavy atom. The third kappa shape index (κ3) is 2.77. The maximum Gasteiger partial charge on any atom is 1.00 e. The van der Waals surface area contributed by atoms with Crippen LogP contribution in [0.4, 0.5) is 0 Å². The van der Waals surface area contributed by atoms with Gasteiger partial charge in [0.15, 0.2) is 0 Å². The predicted molar refractivity (Wildman–Crippen MR) is 81.0 cm³/mol. The van der Waals surface area contributed by atoms with Gasteiger partial charge in [-0.3, -0.25) is 9.59 Å². The van der Waals surface area contributed by atoms with Gasteiger partial charge in [-0.2, -0.15) is 0 Å². The molecule has 2 amide bonds. The number of aliphatic hydroxyl groups is 1. The second-order valence-corrected chi connectivity index (χ2v) is 5.82. The van der Waals surface area contributed by atoms with Crippen LogP contribution in [0.15, 0.2) is 30.0 Å². The summed E-state index contributed by atoms with van der Waals surface area (Å²) in [6, 6.07) is 5.94. The summed E-state index contributed by atoms with van der Waals surface area (Å²) in [4.78, 5) is 36.1. The van der Waals surface area contributed by atoms with Gasteiger partial charge in [0, 0.05) is 5.56 Å². The van der Waals surface area contributed by atoms with E-state index in [0.29, 0.717) is 23.1 Å². The largest absolute Gasteiger partial charge is 1.00 e. The van der Waals surface area contributed by atoms with Gasteiger partial charge in [-0.1, -0.05) is 12.1 Å². The van der Waals surface area contributed by atoms with E-state index in [1.54, 1.807) is 12.1 Å². The van der Waals surface area contributed by atoms with E-state index < -0.39 is 23.9 Å². The number of benzene rings is 1. The molecule has 1 fully saturated rings. The normalized spacial score (nSPS) is 23.2. The van der Waals surface area contributed by atoms with E-state index >= 15 is 0 Å². The molecule has 0 radical (unpaired) electrons. The van der Waals surface area contributed by atoms with Crippen LogP contribution in [0.1, 0.15) is 30.7 Å². The van der Waals surface area contributed by atoms with Crippen molar-refractivity contribution in [1.82, 2.24) is 4.90 Å². The minimum atomic E-state index is -1.18. The van der Waals surface area contributed by atoms with Crippen molar-refractivity contribution >= 4 is 23.4 Å². The third-order valence-corrected chi connectivity index (χ3v) is 4.45. The molecule has 3 atom stereocenters. The average molecular weight is 340 g/mol. The number of hydrogen-bond acceptors (Lipinski definition) is 4. The van der Waals surface area contributed by atoms with Crippen LogP contribution in [0.5, 0.6) is 0 Å². The van der Waals surface area contributed by atoms with E-state index in [-0.39, 0.29) is 48.6 Å². The molecule has 8 heteroatoms. The summed E-state index contributed by atoms with van der Waals surface area (Å²) in [6.07, 6.45) is -0.464. The Bertz CT molecular complexity index is 747. The SMILES string of the molecule is C[C@@H](O)[C@H]1C(=O)N2C(C(=O)O)=C(c3ccc(C(N)=O)cc3)C[C@H]12.[H-].[Na+]. The number of carboxylic acids is 1. The number of carbonyl (C=O) groups excluding carboxylic acids is 2. The Labute approximate surface area is 161 Å². The number of nitrogens with zero attached hydrogens (tertiary/aromatic N) is 1. The molecular formula is C16H17N2NaO5. The molecule has 0 aliphatic carbocycles. The average Bonchev–Trinajstić information content (AvgIpc) is 2.82. The van der Waals surface area contributed by atoms with Crippen LogP contribution in [-0.2, 0) is 9.59 Å². The fourth-order valence-electron chi connectivity index (χ4n) is 3.36. The molecular weight excluding hydrogens is 323 g/mol. The summed E-state index contributed by atoms with van der Waals surface area (Å²) in [5.74, 6) is -2.69. The van der Waals surface area contributed by atoms with Crippen molar-refractivity contribution in [2.24, 2.45) is 11.7 Å². The number of aliphatic carboxylic acids is 1. The monoisotopic (exact) mass is 340 g/mol. The number of fused-ring (bicyclic) bond motifs is 1. The van der Waals surface area contributed by atoms with Crippen LogP contribution in [0.25, 0.3) is 5.57 Å². The first-order chi connectivity index (χ1) is 10.8. The molecule has 1 aromatic rings. The molecule has 1 saturated heterocycles. The van der Waals surface area contributed by atoms with Gasteiger partial charge in [0.05, 0.1) is 18.1 Å². The van der Waals surface area contributed by atoms with Crippen LogP contribution in [0, 0.1) is 5.92 Å². The number of carbonyl (C=O) groups is 3. The molecule has 3 rings (SSSR count). The summed E-state index contributed by atoms with van der Waals surface area (Å²) in [7, 11) is 0. The number of rotatable bonds is 4. The van der Waals surface area contributed by atoms with Crippen molar-refractivity contribution in [3.8, 4) is 0 Å². The van der Waals surface area contributed by atoms with Gasteiger partial charge in [-0.05, 0) is 36.6 Å². The minimum absolute atomic E-state index is 0. The van der Waals surface area contributed by atoms with Gasteiger partial charge in [0.25, 0.3) is 0 Å². The number of aliphatic hydroxyl groups excluding tert-OH is 1. The molecule has 7 nitrogen and oxygen atoms in total. The van der Waals surface area contributed by atoms with Gasteiger partial charge in [0.2, 0.25) is 11.8 Å². The van der Waals surface area contributed by atoms with Crippen molar-refractivity contribution in [3.63, 3.8) is 0 Å². The number of hydrogen-bond donors (Lipinski definition) is 3. The molecule has 0 aromatic heterocycles. The van der Waals surface area contributed by atoms with Crippen molar-refractivity contribution in [3.05, 3.63) is 41.1 Å². The molecule has 0 bridgehead atoms. The first-order valence-corrected chi connectivity index (χ1v) is 7.20. The number of carboxylic acid groups (broad SMARTS) is 1. The summed E-state index contributed by atoms with van der Waals surface area (Å²) in [5, 5.41) is 19.2. The predicted octanol–water partition coefficient (Wildman–Crippen LogP) is -2.69. The van der Waals surface area contributed by atoms with E-state index in [2.05, 4.69) is 0 Å². The second kappa shape index (κ2) is 6.68. The molecule has 24 heavy (non-hydrogen) atoms. The van der Waals surface area contributed by atoms with Crippen molar-refractivity contribution < 1.29 is 55.6 Å². The molecule has 0 unspecified atom stereocenters. The topological polar surface area (TPSA) is 121 Å². The van der Waals surface area contributed by atoms with Crippen LogP contribution in [0.2, 0.25) is 0 Å². The Kier molecular flexibility index (Phi) is 5.19. The van der Waals surface area contributed by atoms with Gasteiger partial charge in [-0.15, -0.1) is 0 Å². The fraction of sp³-hybridized carbons (Fsp3) is 0.312. The number of primary amides is 1. The Hall–Kier alpha value is -1.67. The van der Waals surface area contributed by atoms with Gasteiger partial charge in [0.1, 0.15) is 5.70 Å². The van der Waals surface area contributed by atoms with Crippen molar-refractivity contribution in [2.75, 3.05) is 0 Å². The van der Waals surface area contributed by atoms with E-state index in [0.717, 1.165) is 0 Å². The molecule has 2 heterocycles. The smallest absolute Gasteiger partial charge is 1.00 e. The number of amides is 2. The van der Waals surface area contributed by atoms with Gasteiger partial charge >= 0.3 is 35.5 Å². The van der Waals surface area contributed by atoms with E-state index in [1.807, 2.05) is 0 Å². The van der Waals surface area contributed by atoms with Crippen molar-refractivity contribution in [1.29, 1.82) is 0 Å². The van der Waals surface area contributed by atoms with E-state index in [4.69, 9.17) is 5.73 Å². The van der Waals surface area contributed by atoms with Gasteiger partial charge in [-0.25, -0.2) is 4.79 Å². The molecule has 4 N–H and O–H groups in total. The molecule has 2 aliphatic heterocycles. The zero-order valence-electron chi connectivity index (χ0n) is 14.4. The molecule has 0 spiro atoms. The minimum Gasteiger partial charge on any atom is -1.00 e.